The number of ether oxygens (including phenoxy) is 2. The smallest absolute Gasteiger partial charge is 0.308 e. The lowest BCUT2D eigenvalue weighted by Crippen LogP contribution is -2.20. The lowest BCUT2D eigenvalue weighted by molar-refractivity contribution is -0.148. The molecule has 1 aromatic rings. The van der Waals surface area contributed by atoms with Crippen LogP contribution in [-0.2, 0) is 31.9 Å². The van der Waals surface area contributed by atoms with Crippen molar-refractivity contribution < 1.29 is 19.1 Å². The maximum absolute atomic E-state index is 11.9. The van der Waals surface area contributed by atoms with Gasteiger partial charge in [-0.1, -0.05) is 37.0 Å². The summed E-state index contributed by atoms with van der Waals surface area (Å²) in [5, 5.41) is 0.852. The van der Waals surface area contributed by atoms with Crippen LogP contribution in [0.5, 0.6) is 0 Å². The molecule has 1 rings (SSSR count). The van der Waals surface area contributed by atoms with Gasteiger partial charge in [-0.2, -0.15) is 0 Å². The van der Waals surface area contributed by atoms with Gasteiger partial charge in [0.15, 0.2) is 0 Å². The highest BCUT2D eigenvalue weighted by atomic mass is 35.5. The third-order valence-corrected chi connectivity index (χ3v) is 4.39. The maximum Gasteiger partial charge on any atom is 0.308 e. The van der Waals surface area contributed by atoms with E-state index < -0.39 is 0 Å². The normalized spacial score (nSPS) is 13.2. The van der Waals surface area contributed by atoms with Crippen molar-refractivity contribution in [3.63, 3.8) is 0 Å². The van der Waals surface area contributed by atoms with Gasteiger partial charge in [0.2, 0.25) is 0 Å². The molecule has 2 atom stereocenters. The Bertz CT molecular complexity index is 536. The second-order valence-corrected chi connectivity index (χ2v) is 6.56. The Hall–Kier alpha value is -1.26. The molecule has 0 heterocycles. The van der Waals surface area contributed by atoms with Crippen LogP contribution < -0.4 is 0 Å². The molecule has 2 unspecified atom stereocenters. The molecule has 0 spiro atoms. The van der Waals surface area contributed by atoms with Gasteiger partial charge in [-0.05, 0) is 49.9 Å². The maximum atomic E-state index is 11.9. The van der Waals surface area contributed by atoms with E-state index in [4.69, 9.17) is 32.7 Å². The van der Waals surface area contributed by atoms with Crippen molar-refractivity contribution in [2.75, 3.05) is 13.2 Å². The molecule has 0 aliphatic heterocycles. The minimum atomic E-state index is -0.307. The van der Waals surface area contributed by atoms with Crippen molar-refractivity contribution in [1.82, 2.24) is 0 Å². The number of hydrogen-bond donors (Lipinski definition) is 0. The summed E-state index contributed by atoms with van der Waals surface area (Å²) in [6, 6.07) is 3.51. The van der Waals surface area contributed by atoms with E-state index in [9.17, 15) is 9.59 Å². The average Bonchev–Trinajstić information content (AvgIpc) is 2.52. The van der Waals surface area contributed by atoms with Crippen LogP contribution in [0, 0.1) is 11.8 Å². The highest BCUT2D eigenvalue weighted by molar-refractivity contribution is 6.42. The van der Waals surface area contributed by atoms with E-state index in [2.05, 4.69) is 0 Å². The fourth-order valence-electron chi connectivity index (χ4n) is 2.40. The second-order valence-electron chi connectivity index (χ2n) is 5.75. The lowest BCUT2D eigenvalue weighted by Gasteiger charge is -2.17. The van der Waals surface area contributed by atoms with Crippen LogP contribution in [0.4, 0.5) is 0 Å². The topological polar surface area (TPSA) is 52.6 Å². The molecule has 1 aromatic carbocycles. The van der Waals surface area contributed by atoms with Crippen LogP contribution in [0.15, 0.2) is 12.1 Å². The summed E-state index contributed by atoms with van der Waals surface area (Å²) >= 11 is 12.2. The van der Waals surface area contributed by atoms with Crippen LogP contribution in [0.1, 0.15) is 38.8 Å². The first-order valence-corrected chi connectivity index (χ1v) is 8.85. The number of carbonyl (C=O) groups excluding carboxylic acids is 2. The Morgan fingerprint density at radius 1 is 0.875 bits per heavy atom. The van der Waals surface area contributed by atoms with E-state index in [1.165, 1.54) is 0 Å². The van der Waals surface area contributed by atoms with Crippen molar-refractivity contribution in [2.24, 2.45) is 11.8 Å². The Balaban J connectivity index is 3.00. The van der Waals surface area contributed by atoms with E-state index in [0.29, 0.717) is 36.1 Å². The van der Waals surface area contributed by atoms with E-state index >= 15 is 0 Å². The van der Waals surface area contributed by atoms with Crippen LogP contribution in [0.25, 0.3) is 0 Å². The molecule has 0 N–H and O–H groups in total. The quantitative estimate of drug-likeness (QED) is 0.629. The zero-order valence-electron chi connectivity index (χ0n) is 14.5. The molecular weight excluding hydrogens is 351 g/mol. The molecule has 0 radical (unpaired) electrons. The number of esters is 2. The second kappa shape index (κ2) is 9.90. The molecule has 0 saturated carbocycles. The van der Waals surface area contributed by atoms with Crippen molar-refractivity contribution >= 4 is 35.1 Å². The van der Waals surface area contributed by atoms with Crippen molar-refractivity contribution in [1.29, 1.82) is 0 Å². The number of rotatable bonds is 8. The van der Waals surface area contributed by atoms with Crippen molar-refractivity contribution in [2.45, 2.75) is 40.5 Å². The van der Waals surface area contributed by atoms with Gasteiger partial charge < -0.3 is 9.47 Å². The molecule has 24 heavy (non-hydrogen) atoms. The first kappa shape index (κ1) is 20.8. The summed E-state index contributed by atoms with van der Waals surface area (Å²) in [6.07, 6.45) is 0.946. The van der Waals surface area contributed by atoms with Gasteiger partial charge >= 0.3 is 11.9 Å². The largest absolute Gasteiger partial charge is 0.466 e. The molecule has 0 bridgehead atoms. The Morgan fingerprint density at radius 2 is 1.21 bits per heavy atom. The SMILES string of the molecule is CCOC(=O)C(C)Cc1cc(Cl)c(Cl)cc1CC(C)C(=O)OCC. The van der Waals surface area contributed by atoms with Gasteiger partial charge in [0.1, 0.15) is 0 Å². The predicted molar refractivity (Wildman–Crippen MR) is 95.5 cm³/mol. The fraction of sp³-hybridized carbons (Fsp3) is 0.556. The summed E-state index contributed by atoms with van der Waals surface area (Å²) in [5.74, 6) is -1.13. The molecule has 0 fully saturated rings. The minimum Gasteiger partial charge on any atom is -0.466 e. The number of halogens is 2. The third kappa shape index (κ3) is 5.99. The van der Waals surface area contributed by atoms with Gasteiger partial charge in [0, 0.05) is 0 Å². The van der Waals surface area contributed by atoms with Gasteiger partial charge in [-0.3, -0.25) is 9.59 Å². The van der Waals surface area contributed by atoms with Crippen LogP contribution in [0.2, 0.25) is 10.0 Å². The average molecular weight is 375 g/mol. The summed E-state index contributed by atoms with van der Waals surface area (Å²) in [6.45, 7) is 7.85. The summed E-state index contributed by atoms with van der Waals surface area (Å²) in [7, 11) is 0. The third-order valence-electron chi connectivity index (χ3n) is 3.67. The summed E-state index contributed by atoms with van der Waals surface area (Å²) in [5.41, 5.74) is 1.78. The molecule has 134 valence electrons. The van der Waals surface area contributed by atoms with Gasteiger partial charge in [0.25, 0.3) is 0 Å². The van der Waals surface area contributed by atoms with E-state index in [0.717, 1.165) is 11.1 Å². The van der Waals surface area contributed by atoms with E-state index in [-0.39, 0.29) is 23.8 Å². The standard InChI is InChI=1S/C18H24Cl2O4/c1-5-23-17(21)11(3)7-13-9-15(19)16(20)10-14(13)8-12(4)18(22)24-6-2/h9-12H,5-8H2,1-4H3. The fourth-order valence-corrected chi connectivity index (χ4v) is 2.78. The molecule has 0 aliphatic rings. The van der Waals surface area contributed by atoms with Crippen molar-refractivity contribution in [3.8, 4) is 0 Å². The molecule has 0 amide bonds. The van der Waals surface area contributed by atoms with Gasteiger partial charge in [0.05, 0.1) is 35.1 Å². The van der Waals surface area contributed by atoms with Gasteiger partial charge in [-0.25, -0.2) is 0 Å². The van der Waals surface area contributed by atoms with E-state index in [1.807, 2.05) is 0 Å². The molecule has 4 nitrogen and oxygen atoms in total. The van der Waals surface area contributed by atoms with Crippen LogP contribution in [-0.4, -0.2) is 25.2 Å². The molecule has 0 aliphatic carbocycles. The first-order chi connectivity index (χ1) is 11.3. The molecule has 0 saturated heterocycles. The van der Waals surface area contributed by atoms with Crippen molar-refractivity contribution in [3.05, 3.63) is 33.3 Å². The zero-order valence-corrected chi connectivity index (χ0v) is 16.0. The Labute approximate surface area is 153 Å². The minimum absolute atomic E-state index is 0.257. The predicted octanol–water partition coefficient (Wildman–Crippen LogP) is 4.48. The molecular formula is C18H24Cl2O4. The number of hydrogen-bond acceptors (Lipinski definition) is 4. The molecule has 0 aromatic heterocycles. The van der Waals surface area contributed by atoms with Crippen LogP contribution in [0.3, 0.4) is 0 Å². The Morgan fingerprint density at radius 3 is 1.50 bits per heavy atom. The zero-order chi connectivity index (χ0) is 18.3. The lowest BCUT2D eigenvalue weighted by atomic mass is 9.91. The van der Waals surface area contributed by atoms with E-state index in [1.54, 1.807) is 39.8 Å². The molecule has 6 heteroatoms. The monoisotopic (exact) mass is 374 g/mol. The number of carbonyl (C=O) groups is 2. The van der Waals surface area contributed by atoms with Gasteiger partial charge in [-0.15, -0.1) is 0 Å². The Kier molecular flexibility index (Phi) is 8.57. The summed E-state index contributed by atoms with van der Waals surface area (Å²) in [4.78, 5) is 23.7. The highest BCUT2D eigenvalue weighted by Crippen LogP contribution is 2.29. The summed E-state index contributed by atoms with van der Waals surface area (Å²) < 4.78 is 10.1. The highest BCUT2D eigenvalue weighted by Gasteiger charge is 2.21. The van der Waals surface area contributed by atoms with Crippen LogP contribution >= 0.6 is 23.2 Å². The first-order valence-electron chi connectivity index (χ1n) is 8.10. The number of benzene rings is 1.